The molecule has 3 heteroatoms. The Morgan fingerprint density at radius 1 is 1.57 bits per heavy atom. The molecule has 3 nitrogen and oxygen atoms in total. The molecule has 0 bridgehead atoms. The van der Waals surface area contributed by atoms with Crippen molar-refractivity contribution in [3.63, 3.8) is 0 Å². The Balaban J connectivity index is 1.98. The zero-order valence-corrected chi connectivity index (χ0v) is 8.99. The maximum atomic E-state index is 12.0. The molecule has 0 radical (unpaired) electrons. The van der Waals surface area contributed by atoms with Gasteiger partial charge in [-0.2, -0.15) is 0 Å². The molecule has 0 aromatic heterocycles. The molecule has 1 N–H and O–H groups in total. The highest BCUT2D eigenvalue weighted by atomic mass is 16.3. The van der Waals surface area contributed by atoms with Gasteiger partial charge >= 0.3 is 0 Å². The summed E-state index contributed by atoms with van der Waals surface area (Å²) in [6.07, 6.45) is 3.03. The average Bonchev–Trinajstić information content (AvgIpc) is 2.64. The summed E-state index contributed by atoms with van der Waals surface area (Å²) >= 11 is 0. The summed E-state index contributed by atoms with van der Waals surface area (Å²) in [6.45, 7) is 5.24. The molecule has 1 saturated heterocycles. The first kappa shape index (κ1) is 9.97. The quantitative estimate of drug-likeness (QED) is 0.718. The van der Waals surface area contributed by atoms with Gasteiger partial charge in [-0.25, -0.2) is 0 Å². The van der Waals surface area contributed by atoms with Crippen LogP contribution in [0.2, 0.25) is 0 Å². The molecule has 2 rings (SSSR count). The van der Waals surface area contributed by atoms with E-state index in [-0.39, 0.29) is 29.9 Å². The third kappa shape index (κ3) is 1.54. The number of aliphatic hydroxyl groups is 1. The van der Waals surface area contributed by atoms with Crippen LogP contribution in [0.4, 0.5) is 0 Å². The van der Waals surface area contributed by atoms with Crippen molar-refractivity contribution in [2.45, 2.75) is 39.2 Å². The van der Waals surface area contributed by atoms with Crippen LogP contribution in [-0.4, -0.2) is 35.1 Å². The van der Waals surface area contributed by atoms with E-state index in [2.05, 4.69) is 13.8 Å². The Labute approximate surface area is 85.1 Å². The summed E-state index contributed by atoms with van der Waals surface area (Å²) in [6, 6.07) is 0.0962. The molecule has 1 aliphatic carbocycles. The van der Waals surface area contributed by atoms with Crippen molar-refractivity contribution in [2.75, 3.05) is 13.2 Å². The first-order valence-corrected chi connectivity index (χ1v) is 5.47. The Morgan fingerprint density at radius 2 is 2.21 bits per heavy atom. The minimum absolute atomic E-state index is 0.0962. The van der Waals surface area contributed by atoms with Gasteiger partial charge in [0, 0.05) is 12.5 Å². The van der Waals surface area contributed by atoms with Crippen LogP contribution in [-0.2, 0) is 4.79 Å². The molecule has 0 aromatic carbocycles. The maximum absolute atomic E-state index is 12.0. The van der Waals surface area contributed by atoms with Crippen LogP contribution in [0.25, 0.3) is 0 Å². The molecule has 14 heavy (non-hydrogen) atoms. The van der Waals surface area contributed by atoms with E-state index < -0.39 is 0 Å². The predicted octanol–water partition coefficient (Wildman–Crippen LogP) is 1.02. The Hall–Kier alpha value is -0.570. The van der Waals surface area contributed by atoms with Crippen LogP contribution in [0.15, 0.2) is 0 Å². The molecular formula is C11H19NO2. The van der Waals surface area contributed by atoms with Gasteiger partial charge in [-0.3, -0.25) is 4.79 Å². The Morgan fingerprint density at radius 3 is 2.71 bits per heavy atom. The van der Waals surface area contributed by atoms with E-state index in [1.807, 2.05) is 4.90 Å². The molecule has 1 saturated carbocycles. The molecule has 1 aliphatic heterocycles. The maximum Gasteiger partial charge on any atom is 0.226 e. The van der Waals surface area contributed by atoms with Gasteiger partial charge in [0.25, 0.3) is 0 Å². The minimum atomic E-state index is 0.0962. The lowest BCUT2D eigenvalue weighted by Crippen LogP contribution is -2.39. The van der Waals surface area contributed by atoms with Crippen molar-refractivity contribution in [3.8, 4) is 0 Å². The second-order valence-electron chi connectivity index (χ2n) is 5.26. The fraction of sp³-hybridized carbons (Fsp3) is 0.909. The van der Waals surface area contributed by atoms with E-state index in [4.69, 9.17) is 5.11 Å². The van der Waals surface area contributed by atoms with Crippen molar-refractivity contribution in [3.05, 3.63) is 0 Å². The second-order valence-corrected chi connectivity index (χ2v) is 5.26. The molecule has 80 valence electrons. The van der Waals surface area contributed by atoms with E-state index in [9.17, 15) is 4.79 Å². The molecule has 1 amide bonds. The summed E-state index contributed by atoms with van der Waals surface area (Å²) in [5, 5.41) is 9.12. The standard InChI is InChI=1S/C11H19NO2/c1-11(2)6-9(11)10(14)12-5-3-4-8(12)7-13/h8-9,13H,3-7H2,1-2H3/t8-,9?/m0/s1. The average molecular weight is 197 g/mol. The van der Waals surface area contributed by atoms with Gasteiger partial charge in [-0.1, -0.05) is 13.8 Å². The van der Waals surface area contributed by atoms with Gasteiger partial charge in [0.1, 0.15) is 0 Å². The number of carbonyl (C=O) groups is 1. The van der Waals surface area contributed by atoms with Crippen molar-refractivity contribution in [1.82, 2.24) is 4.90 Å². The highest BCUT2D eigenvalue weighted by Gasteiger charge is 2.52. The van der Waals surface area contributed by atoms with E-state index in [0.29, 0.717) is 0 Å². The SMILES string of the molecule is CC1(C)CC1C(=O)N1CCC[C@H]1CO. The normalized spacial score (nSPS) is 34.6. The molecule has 2 atom stereocenters. The van der Waals surface area contributed by atoms with Gasteiger partial charge in [0.15, 0.2) is 0 Å². The smallest absolute Gasteiger partial charge is 0.226 e. The zero-order chi connectivity index (χ0) is 10.3. The minimum Gasteiger partial charge on any atom is -0.394 e. The van der Waals surface area contributed by atoms with Gasteiger partial charge in [0.2, 0.25) is 5.91 Å². The second kappa shape index (κ2) is 3.23. The number of amides is 1. The van der Waals surface area contributed by atoms with Crippen molar-refractivity contribution >= 4 is 5.91 Å². The topological polar surface area (TPSA) is 40.5 Å². The van der Waals surface area contributed by atoms with Crippen molar-refractivity contribution in [1.29, 1.82) is 0 Å². The van der Waals surface area contributed by atoms with E-state index >= 15 is 0 Å². The Kier molecular flexibility index (Phi) is 2.30. The van der Waals surface area contributed by atoms with Crippen LogP contribution in [0, 0.1) is 11.3 Å². The van der Waals surface area contributed by atoms with Gasteiger partial charge in [-0.15, -0.1) is 0 Å². The summed E-state index contributed by atoms with van der Waals surface area (Å²) in [5.74, 6) is 0.487. The molecular weight excluding hydrogens is 178 g/mol. The largest absolute Gasteiger partial charge is 0.394 e. The summed E-state index contributed by atoms with van der Waals surface area (Å²) < 4.78 is 0. The lowest BCUT2D eigenvalue weighted by Gasteiger charge is -2.23. The van der Waals surface area contributed by atoms with E-state index in [0.717, 1.165) is 25.8 Å². The molecule has 1 heterocycles. The summed E-state index contributed by atoms with van der Waals surface area (Å²) in [7, 11) is 0. The lowest BCUT2D eigenvalue weighted by atomic mass is 10.1. The fourth-order valence-electron chi connectivity index (χ4n) is 2.40. The van der Waals surface area contributed by atoms with Crippen LogP contribution < -0.4 is 0 Å². The molecule has 2 aliphatic rings. The van der Waals surface area contributed by atoms with Crippen LogP contribution >= 0.6 is 0 Å². The third-order valence-corrected chi connectivity index (χ3v) is 3.68. The molecule has 1 unspecified atom stereocenters. The van der Waals surface area contributed by atoms with E-state index in [1.165, 1.54) is 0 Å². The monoisotopic (exact) mass is 197 g/mol. The number of hydrogen-bond acceptors (Lipinski definition) is 2. The summed E-state index contributed by atoms with van der Waals surface area (Å²) in [4.78, 5) is 13.9. The first-order chi connectivity index (χ1) is 6.56. The first-order valence-electron chi connectivity index (χ1n) is 5.47. The number of likely N-dealkylation sites (tertiary alicyclic amines) is 1. The fourth-order valence-corrected chi connectivity index (χ4v) is 2.40. The van der Waals surface area contributed by atoms with Gasteiger partial charge in [0.05, 0.1) is 12.6 Å². The zero-order valence-electron chi connectivity index (χ0n) is 8.99. The Bertz CT molecular complexity index is 250. The number of rotatable bonds is 2. The number of nitrogens with zero attached hydrogens (tertiary/aromatic N) is 1. The summed E-state index contributed by atoms with van der Waals surface area (Å²) in [5.41, 5.74) is 0.208. The van der Waals surface area contributed by atoms with Crippen molar-refractivity contribution < 1.29 is 9.90 Å². The van der Waals surface area contributed by atoms with Gasteiger partial charge < -0.3 is 10.0 Å². The van der Waals surface area contributed by atoms with E-state index in [1.54, 1.807) is 0 Å². The highest BCUT2D eigenvalue weighted by Crippen LogP contribution is 2.52. The predicted molar refractivity (Wildman–Crippen MR) is 53.7 cm³/mol. The number of aliphatic hydroxyl groups excluding tert-OH is 1. The number of carbonyl (C=O) groups excluding carboxylic acids is 1. The molecule has 2 fully saturated rings. The van der Waals surface area contributed by atoms with Gasteiger partial charge in [-0.05, 0) is 24.7 Å². The molecule has 0 spiro atoms. The van der Waals surface area contributed by atoms with Crippen molar-refractivity contribution in [2.24, 2.45) is 11.3 Å². The number of hydrogen-bond donors (Lipinski definition) is 1. The van der Waals surface area contributed by atoms with Crippen LogP contribution in [0.5, 0.6) is 0 Å². The lowest BCUT2D eigenvalue weighted by molar-refractivity contribution is -0.134. The third-order valence-electron chi connectivity index (χ3n) is 3.68. The molecule has 0 aromatic rings. The van der Waals surface area contributed by atoms with Crippen LogP contribution in [0.1, 0.15) is 33.1 Å². The highest BCUT2D eigenvalue weighted by molar-refractivity contribution is 5.83. The van der Waals surface area contributed by atoms with Crippen LogP contribution in [0.3, 0.4) is 0 Å².